The molecule has 0 radical (unpaired) electrons. The molecule has 0 N–H and O–H groups in total. The van der Waals surface area contributed by atoms with Gasteiger partial charge in [0, 0.05) is 24.2 Å². The smallest absolute Gasteiger partial charge is 0.434 e. The van der Waals surface area contributed by atoms with Crippen LogP contribution in [0.2, 0.25) is 5.02 Å². The predicted molar refractivity (Wildman–Crippen MR) is 132 cm³/mol. The van der Waals surface area contributed by atoms with Gasteiger partial charge >= 0.3 is 12.8 Å². The van der Waals surface area contributed by atoms with Gasteiger partial charge in [-0.25, -0.2) is 9.37 Å². The predicted octanol–water partition coefficient (Wildman–Crippen LogP) is 5.31. The van der Waals surface area contributed by atoms with E-state index in [2.05, 4.69) is 30.3 Å². The second-order valence-corrected chi connectivity index (χ2v) is 9.61. The number of aromatic nitrogens is 8. The summed E-state index contributed by atoms with van der Waals surface area (Å²) in [6.07, 6.45) is -0.277. The van der Waals surface area contributed by atoms with Gasteiger partial charge in [0.15, 0.2) is 17.7 Å². The maximum atomic E-state index is 15.2. The van der Waals surface area contributed by atoms with Gasteiger partial charge in [-0.15, -0.1) is 16.4 Å². The lowest BCUT2D eigenvalue weighted by Crippen LogP contribution is -2.36. The molecule has 1 aromatic carbocycles. The molecule has 41 heavy (non-hydrogen) atoms. The SMILES string of the molecule is [O-][n+]1cc(-c2c(-n3cnnn3)ccc(Cl)c2F)ccc1[C@@H](CCOC(F)F)n1cc(-c2scnc2C(F)(F)F)cn1. The van der Waals surface area contributed by atoms with E-state index in [1.54, 1.807) is 0 Å². The van der Waals surface area contributed by atoms with Crippen molar-refractivity contribution in [2.45, 2.75) is 25.3 Å². The number of pyridine rings is 1. The minimum absolute atomic E-state index is 0.0342. The van der Waals surface area contributed by atoms with Gasteiger partial charge in [-0.1, -0.05) is 11.6 Å². The van der Waals surface area contributed by atoms with Crippen molar-refractivity contribution in [1.29, 1.82) is 0 Å². The highest BCUT2D eigenvalue weighted by atomic mass is 35.5. The number of halogens is 7. The largest absolute Gasteiger partial charge is 0.618 e. The zero-order valence-corrected chi connectivity index (χ0v) is 21.8. The number of thiazole rings is 1. The van der Waals surface area contributed by atoms with Crippen LogP contribution in [-0.2, 0) is 10.9 Å². The van der Waals surface area contributed by atoms with Crippen LogP contribution in [0.1, 0.15) is 23.9 Å². The number of nitrogens with zero attached hydrogens (tertiary/aromatic N) is 8. The summed E-state index contributed by atoms with van der Waals surface area (Å²) in [5.74, 6) is -0.851. The van der Waals surface area contributed by atoms with E-state index < -0.39 is 36.9 Å². The Bertz CT molecular complexity index is 1660. The van der Waals surface area contributed by atoms with Crippen LogP contribution in [0.25, 0.3) is 27.3 Å². The molecule has 10 nitrogen and oxygen atoms in total. The quantitative estimate of drug-likeness (QED) is 0.125. The van der Waals surface area contributed by atoms with Crippen LogP contribution in [-0.4, -0.2) is 48.2 Å². The molecule has 4 aromatic heterocycles. The van der Waals surface area contributed by atoms with E-state index in [1.807, 2.05) is 0 Å². The number of hydrogen-bond donors (Lipinski definition) is 0. The summed E-state index contributed by atoms with van der Waals surface area (Å²) < 4.78 is 87.8. The summed E-state index contributed by atoms with van der Waals surface area (Å²) in [5, 5.41) is 27.9. The van der Waals surface area contributed by atoms with Crippen LogP contribution in [0.4, 0.5) is 26.3 Å². The van der Waals surface area contributed by atoms with E-state index >= 15 is 4.39 Å². The monoisotopic (exact) mass is 616 g/mol. The first-order valence-electron chi connectivity index (χ1n) is 11.4. The Balaban J connectivity index is 1.55. The van der Waals surface area contributed by atoms with Gasteiger partial charge in [0.05, 0.1) is 45.0 Å². The summed E-state index contributed by atoms with van der Waals surface area (Å²) >= 11 is 6.72. The van der Waals surface area contributed by atoms with Crippen LogP contribution in [0.15, 0.2) is 54.7 Å². The number of benzene rings is 1. The molecule has 0 amide bonds. The Morgan fingerprint density at radius 2 is 1.95 bits per heavy atom. The average Bonchev–Trinajstić information content (AvgIpc) is 3.70. The lowest BCUT2D eigenvalue weighted by Gasteiger charge is -2.18. The number of rotatable bonds is 9. The highest BCUT2D eigenvalue weighted by Gasteiger charge is 2.37. The van der Waals surface area contributed by atoms with E-state index in [9.17, 15) is 27.2 Å². The third kappa shape index (κ3) is 5.86. The second kappa shape index (κ2) is 11.4. The molecule has 0 bridgehead atoms. The molecule has 0 saturated heterocycles. The number of alkyl halides is 5. The maximum absolute atomic E-state index is 15.2. The summed E-state index contributed by atoms with van der Waals surface area (Å²) in [4.78, 5) is 3.18. The highest BCUT2D eigenvalue weighted by molar-refractivity contribution is 7.13. The van der Waals surface area contributed by atoms with Crippen molar-refractivity contribution in [3.8, 4) is 27.3 Å². The molecule has 4 heterocycles. The first kappa shape index (κ1) is 28.4. The van der Waals surface area contributed by atoms with Crippen LogP contribution >= 0.6 is 22.9 Å². The standard InChI is InChI=1S/C23H15ClF6N8O2S/c24-14-2-4-17(37-10-32-34-35-37)18(19(14)25)12-1-3-16(38(39)9-12)15(5-6-40-22(26)27)36-8-13(7-33-36)20-21(23(28,29)30)31-11-41-20/h1-4,7-11,15,22H,5-6H2/t15-/m1/s1. The van der Waals surface area contributed by atoms with Crippen molar-refractivity contribution in [2.75, 3.05) is 6.61 Å². The maximum Gasteiger partial charge on any atom is 0.434 e. The molecule has 0 saturated carbocycles. The molecule has 1 atom stereocenters. The van der Waals surface area contributed by atoms with Crippen molar-refractivity contribution in [3.05, 3.63) is 82.1 Å². The fourth-order valence-corrected chi connectivity index (χ4v) is 5.08. The van der Waals surface area contributed by atoms with Crippen molar-refractivity contribution in [2.24, 2.45) is 0 Å². The van der Waals surface area contributed by atoms with Crippen molar-refractivity contribution >= 4 is 22.9 Å². The van der Waals surface area contributed by atoms with Crippen molar-refractivity contribution < 1.29 is 35.8 Å². The van der Waals surface area contributed by atoms with E-state index in [0.29, 0.717) is 4.73 Å². The van der Waals surface area contributed by atoms with E-state index in [-0.39, 0.29) is 44.4 Å². The minimum atomic E-state index is -4.72. The van der Waals surface area contributed by atoms with Crippen molar-refractivity contribution in [1.82, 2.24) is 35.0 Å². The fourth-order valence-electron chi connectivity index (χ4n) is 4.14. The molecule has 0 aliphatic heterocycles. The highest BCUT2D eigenvalue weighted by Crippen LogP contribution is 2.39. The molecule has 0 spiro atoms. The number of tetrazole rings is 1. The van der Waals surface area contributed by atoms with Crippen LogP contribution in [0.5, 0.6) is 0 Å². The Morgan fingerprint density at radius 1 is 1.15 bits per heavy atom. The van der Waals surface area contributed by atoms with Gasteiger partial charge in [0.2, 0.25) is 5.69 Å². The molecular weight excluding hydrogens is 602 g/mol. The van der Waals surface area contributed by atoms with Gasteiger partial charge in [-0.05, 0) is 28.6 Å². The van der Waals surface area contributed by atoms with Gasteiger partial charge in [0.25, 0.3) is 0 Å². The minimum Gasteiger partial charge on any atom is -0.618 e. The lowest BCUT2D eigenvalue weighted by molar-refractivity contribution is -0.615. The number of hydrogen-bond acceptors (Lipinski definition) is 8. The molecule has 0 aliphatic carbocycles. The Kier molecular flexibility index (Phi) is 7.92. The summed E-state index contributed by atoms with van der Waals surface area (Å²) in [5.41, 5.74) is 0.112. The van der Waals surface area contributed by atoms with Crippen LogP contribution in [0.3, 0.4) is 0 Å². The third-order valence-electron chi connectivity index (χ3n) is 5.90. The van der Waals surface area contributed by atoms with E-state index in [1.165, 1.54) is 46.2 Å². The zero-order chi connectivity index (χ0) is 29.3. The Morgan fingerprint density at radius 3 is 2.63 bits per heavy atom. The van der Waals surface area contributed by atoms with E-state index in [0.717, 1.165) is 29.2 Å². The average molecular weight is 617 g/mol. The van der Waals surface area contributed by atoms with E-state index in [4.69, 9.17) is 11.6 Å². The topological polar surface area (TPSA) is 110 Å². The van der Waals surface area contributed by atoms with Crippen molar-refractivity contribution in [3.63, 3.8) is 0 Å². The Labute approximate surface area is 235 Å². The molecule has 18 heteroatoms. The molecule has 0 unspecified atom stereocenters. The summed E-state index contributed by atoms with van der Waals surface area (Å²) in [7, 11) is 0. The Hall–Kier alpha value is -4.09. The first-order chi connectivity index (χ1) is 19.5. The third-order valence-corrected chi connectivity index (χ3v) is 7.06. The molecule has 0 fully saturated rings. The molecule has 5 aromatic rings. The fraction of sp³-hybridized carbons (Fsp3) is 0.217. The summed E-state index contributed by atoms with van der Waals surface area (Å²) in [6, 6.07) is 4.39. The van der Waals surface area contributed by atoms with Gasteiger partial charge < -0.3 is 9.94 Å². The summed E-state index contributed by atoms with van der Waals surface area (Å²) in [6.45, 7) is -3.60. The van der Waals surface area contributed by atoms with Crippen LogP contribution < -0.4 is 4.73 Å². The zero-order valence-electron chi connectivity index (χ0n) is 20.2. The second-order valence-electron chi connectivity index (χ2n) is 8.35. The molecule has 214 valence electrons. The normalized spacial score (nSPS) is 12.8. The van der Waals surface area contributed by atoms with Gasteiger partial charge in [-0.3, -0.25) is 4.68 Å². The van der Waals surface area contributed by atoms with Gasteiger partial charge in [0.1, 0.15) is 12.4 Å². The molecular formula is C23H15ClF6N8O2S. The van der Waals surface area contributed by atoms with Gasteiger partial charge in [-0.2, -0.15) is 36.5 Å². The lowest BCUT2D eigenvalue weighted by atomic mass is 10.0. The number of ether oxygens (including phenoxy) is 1. The molecule has 0 aliphatic rings. The molecule has 5 rings (SSSR count). The van der Waals surface area contributed by atoms with Crippen LogP contribution in [0, 0.1) is 11.0 Å². The first-order valence-corrected chi connectivity index (χ1v) is 12.7.